The largest absolute Gasteiger partial charge is 0.341 e. The number of nitrogens with two attached hydrogens (primary N) is 1. The normalized spacial score (nSPS) is 10.2. The van der Waals surface area contributed by atoms with E-state index in [1.165, 1.54) is 5.56 Å². The molecule has 1 rings (SSSR count). The maximum absolute atomic E-state index is 11.9. The van der Waals surface area contributed by atoms with Crippen molar-refractivity contribution >= 4 is 5.91 Å². The summed E-state index contributed by atoms with van der Waals surface area (Å²) >= 11 is 0. The lowest BCUT2D eigenvalue weighted by Gasteiger charge is -2.19. The van der Waals surface area contributed by atoms with E-state index in [2.05, 4.69) is 0 Å². The first-order chi connectivity index (χ1) is 7.67. The van der Waals surface area contributed by atoms with Crippen molar-refractivity contribution in [2.24, 2.45) is 5.73 Å². The summed E-state index contributed by atoms with van der Waals surface area (Å²) in [6.07, 6.45) is 0.466. The Morgan fingerprint density at radius 3 is 2.44 bits per heavy atom. The highest BCUT2D eigenvalue weighted by Gasteiger charge is 2.10. The van der Waals surface area contributed by atoms with Gasteiger partial charge in [0.15, 0.2) is 0 Å². The predicted molar refractivity (Wildman–Crippen MR) is 66.2 cm³/mol. The molecule has 2 N–H and O–H groups in total. The number of carbonyl (C=O) groups is 1. The van der Waals surface area contributed by atoms with Crippen LogP contribution in [-0.4, -0.2) is 30.4 Å². The highest BCUT2D eigenvalue weighted by atomic mass is 16.2. The second-order valence-electron chi connectivity index (χ2n) is 3.92. The molecule has 0 aliphatic heterocycles. The number of benzene rings is 1. The molecule has 0 unspecified atom stereocenters. The van der Waals surface area contributed by atoms with Gasteiger partial charge < -0.3 is 10.6 Å². The van der Waals surface area contributed by atoms with E-state index in [0.717, 1.165) is 12.1 Å². The van der Waals surface area contributed by atoms with Gasteiger partial charge in [0.05, 0.1) is 6.42 Å². The van der Waals surface area contributed by atoms with E-state index in [0.29, 0.717) is 19.5 Å². The predicted octanol–water partition coefficient (Wildman–Crippen LogP) is 1.34. The van der Waals surface area contributed by atoms with Crippen molar-refractivity contribution in [3.05, 3.63) is 35.4 Å². The van der Waals surface area contributed by atoms with E-state index in [1.54, 1.807) is 4.90 Å². The van der Waals surface area contributed by atoms with Gasteiger partial charge in [0.2, 0.25) is 5.91 Å². The smallest absolute Gasteiger partial charge is 0.227 e. The Morgan fingerprint density at radius 1 is 1.31 bits per heavy atom. The standard InChI is InChI=1S/C13H20N2O/c1-3-15(9-8-14)13(16)10-12-6-4-11(2)5-7-12/h4-7H,3,8-10,14H2,1-2H3. The number of rotatable bonds is 5. The molecule has 0 aliphatic rings. The highest BCUT2D eigenvalue weighted by molar-refractivity contribution is 5.78. The van der Waals surface area contributed by atoms with Gasteiger partial charge in [0.25, 0.3) is 0 Å². The minimum absolute atomic E-state index is 0.150. The van der Waals surface area contributed by atoms with Gasteiger partial charge >= 0.3 is 0 Å². The van der Waals surface area contributed by atoms with Gasteiger partial charge in [-0.25, -0.2) is 0 Å². The Kier molecular flexibility index (Phi) is 4.99. The van der Waals surface area contributed by atoms with Crippen molar-refractivity contribution in [1.82, 2.24) is 4.90 Å². The topological polar surface area (TPSA) is 46.3 Å². The first-order valence-corrected chi connectivity index (χ1v) is 5.70. The first-order valence-electron chi connectivity index (χ1n) is 5.70. The summed E-state index contributed by atoms with van der Waals surface area (Å²) in [6.45, 7) is 5.90. The van der Waals surface area contributed by atoms with E-state index in [9.17, 15) is 4.79 Å². The molecular weight excluding hydrogens is 200 g/mol. The molecule has 16 heavy (non-hydrogen) atoms. The van der Waals surface area contributed by atoms with Crippen LogP contribution in [0.1, 0.15) is 18.1 Å². The Labute approximate surface area is 97.2 Å². The molecular formula is C13H20N2O. The minimum atomic E-state index is 0.150. The van der Waals surface area contributed by atoms with Crippen LogP contribution in [0.4, 0.5) is 0 Å². The van der Waals surface area contributed by atoms with Gasteiger partial charge in [0, 0.05) is 19.6 Å². The van der Waals surface area contributed by atoms with Crippen LogP contribution >= 0.6 is 0 Å². The van der Waals surface area contributed by atoms with Crippen LogP contribution < -0.4 is 5.73 Å². The van der Waals surface area contributed by atoms with Gasteiger partial charge in [-0.15, -0.1) is 0 Å². The molecule has 0 saturated carbocycles. The fourth-order valence-corrected chi connectivity index (χ4v) is 1.61. The number of nitrogens with zero attached hydrogens (tertiary/aromatic N) is 1. The van der Waals surface area contributed by atoms with Crippen molar-refractivity contribution in [1.29, 1.82) is 0 Å². The molecule has 3 heteroatoms. The Balaban J connectivity index is 2.59. The van der Waals surface area contributed by atoms with Crippen molar-refractivity contribution in [2.45, 2.75) is 20.3 Å². The summed E-state index contributed by atoms with van der Waals surface area (Å²) in [5.41, 5.74) is 7.74. The van der Waals surface area contributed by atoms with E-state index < -0.39 is 0 Å². The van der Waals surface area contributed by atoms with Crippen molar-refractivity contribution in [3.63, 3.8) is 0 Å². The third-order valence-corrected chi connectivity index (χ3v) is 2.61. The van der Waals surface area contributed by atoms with Crippen molar-refractivity contribution in [2.75, 3.05) is 19.6 Å². The maximum Gasteiger partial charge on any atom is 0.227 e. The molecule has 0 spiro atoms. The Hall–Kier alpha value is -1.35. The van der Waals surface area contributed by atoms with Gasteiger partial charge in [-0.3, -0.25) is 4.79 Å². The van der Waals surface area contributed by atoms with Crippen LogP contribution in [0.3, 0.4) is 0 Å². The molecule has 0 fully saturated rings. The Morgan fingerprint density at radius 2 is 1.94 bits per heavy atom. The fourth-order valence-electron chi connectivity index (χ4n) is 1.61. The molecule has 0 bridgehead atoms. The monoisotopic (exact) mass is 220 g/mol. The molecule has 1 aromatic carbocycles. The summed E-state index contributed by atoms with van der Waals surface area (Å²) in [5.74, 6) is 0.150. The summed E-state index contributed by atoms with van der Waals surface area (Å²) in [5, 5.41) is 0. The average molecular weight is 220 g/mol. The summed E-state index contributed by atoms with van der Waals surface area (Å²) in [6, 6.07) is 8.07. The molecule has 1 aromatic rings. The zero-order valence-electron chi connectivity index (χ0n) is 10.1. The fraction of sp³-hybridized carbons (Fsp3) is 0.462. The van der Waals surface area contributed by atoms with Crippen LogP contribution in [0, 0.1) is 6.92 Å². The van der Waals surface area contributed by atoms with Crippen LogP contribution in [0.25, 0.3) is 0 Å². The zero-order chi connectivity index (χ0) is 12.0. The van der Waals surface area contributed by atoms with Crippen molar-refractivity contribution < 1.29 is 4.79 Å². The number of hydrogen-bond donors (Lipinski definition) is 1. The van der Waals surface area contributed by atoms with Crippen LogP contribution in [-0.2, 0) is 11.2 Å². The van der Waals surface area contributed by atoms with Gasteiger partial charge in [-0.1, -0.05) is 29.8 Å². The first kappa shape index (κ1) is 12.7. The molecule has 0 aliphatic carbocycles. The molecule has 0 radical (unpaired) electrons. The molecule has 3 nitrogen and oxygen atoms in total. The van der Waals surface area contributed by atoms with Crippen LogP contribution in [0.5, 0.6) is 0 Å². The lowest BCUT2D eigenvalue weighted by molar-refractivity contribution is -0.130. The number of hydrogen-bond acceptors (Lipinski definition) is 2. The quantitative estimate of drug-likeness (QED) is 0.814. The molecule has 0 atom stereocenters. The minimum Gasteiger partial charge on any atom is -0.341 e. The number of aryl methyl sites for hydroxylation is 1. The molecule has 0 heterocycles. The van der Waals surface area contributed by atoms with Crippen LogP contribution in [0.2, 0.25) is 0 Å². The van der Waals surface area contributed by atoms with E-state index in [4.69, 9.17) is 5.73 Å². The number of amides is 1. The third kappa shape index (κ3) is 3.66. The van der Waals surface area contributed by atoms with Gasteiger partial charge in [-0.05, 0) is 19.4 Å². The second-order valence-corrected chi connectivity index (χ2v) is 3.92. The Bertz CT molecular complexity index is 332. The molecule has 0 saturated heterocycles. The van der Waals surface area contributed by atoms with Crippen molar-refractivity contribution in [3.8, 4) is 0 Å². The molecule has 0 aromatic heterocycles. The summed E-state index contributed by atoms with van der Waals surface area (Å²) < 4.78 is 0. The number of carbonyl (C=O) groups excluding carboxylic acids is 1. The lowest BCUT2D eigenvalue weighted by atomic mass is 10.1. The SMILES string of the molecule is CCN(CCN)C(=O)Cc1ccc(C)cc1. The molecule has 88 valence electrons. The molecule has 1 amide bonds. The van der Waals surface area contributed by atoms with E-state index >= 15 is 0 Å². The van der Waals surface area contributed by atoms with E-state index in [1.807, 2.05) is 38.1 Å². The maximum atomic E-state index is 11.9. The van der Waals surface area contributed by atoms with Gasteiger partial charge in [-0.2, -0.15) is 0 Å². The highest BCUT2D eigenvalue weighted by Crippen LogP contribution is 2.05. The van der Waals surface area contributed by atoms with Crippen LogP contribution in [0.15, 0.2) is 24.3 Å². The number of likely N-dealkylation sites (N-methyl/N-ethyl adjacent to an activating group) is 1. The lowest BCUT2D eigenvalue weighted by Crippen LogP contribution is -2.36. The summed E-state index contributed by atoms with van der Waals surface area (Å²) in [7, 11) is 0. The van der Waals surface area contributed by atoms with E-state index in [-0.39, 0.29) is 5.91 Å². The third-order valence-electron chi connectivity index (χ3n) is 2.61. The average Bonchev–Trinajstić information content (AvgIpc) is 2.29. The second kappa shape index (κ2) is 6.28. The van der Waals surface area contributed by atoms with Gasteiger partial charge in [0.1, 0.15) is 0 Å². The summed E-state index contributed by atoms with van der Waals surface area (Å²) in [4.78, 5) is 13.7. The zero-order valence-corrected chi connectivity index (χ0v) is 10.1.